The van der Waals surface area contributed by atoms with Crippen molar-refractivity contribution in [2.75, 3.05) is 5.73 Å². The lowest BCUT2D eigenvalue weighted by atomic mass is 10.2. The lowest BCUT2D eigenvalue weighted by molar-refractivity contribution is -0.112. The van der Waals surface area contributed by atoms with Crippen LogP contribution in [0.3, 0.4) is 0 Å². The minimum Gasteiger partial charge on any atom is -0.506 e. The van der Waals surface area contributed by atoms with Gasteiger partial charge in [-0.3, -0.25) is 4.79 Å². The van der Waals surface area contributed by atoms with Crippen molar-refractivity contribution >= 4 is 11.6 Å². The summed E-state index contributed by atoms with van der Waals surface area (Å²) in [5.74, 6) is 3.94. The Morgan fingerprint density at radius 3 is 2.69 bits per heavy atom. The largest absolute Gasteiger partial charge is 0.506 e. The van der Waals surface area contributed by atoms with Crippen LogP contribution in [0.5, 0.6) is 5.75 Å². The van der Waals surface area contributed by atoms with Crippen molar-refractivity contribution in [2.24, 2.45) is 5.73 Å². The van der Waals surface area contributed by atoms with Gasteiger partial charge in [0.1, 0.15) is 5.75 Å². The number of hydrogen-bond donors (Lipinski definition) is 3. The van der Waals surface area contributed by atoms with Crippen LogP contribution < -0.4 is 11.5 Å². The van der Waals surface area contributed by atoms with Crippen LogP contribution in [0.25, 0.3) is 0 Å². The minimum absolute atomic E-state index is 0.00961. The van der Waals surface area contributed by atoms with Crippen LogP contribution in [0.15, 0.2) is 18.2 Å². The van der Waals surface area contributed by atoms with E-state index in [0.717, 1.165) is 0 Å². The number of carbonyl (C=O) groups excluding carboxylic acids is 1. The standard InChI is InChI=1S/C9H8N2O2/c10-7-5-6(1-3-8(7)12)2-4-9(11)13/h1,3,5,12H,10H2,(H2,11,13). The Bertz CT molecular complexity index is 402. The summed E-state index contributed by atoms with van der Waals surface area (Å²) in [7, 11) is 0. The molecule has 1 amide bonds. The summed E-state index contributed by atoms with van der Waals surface area (Å²) in [6.07, 6.45) is 0. The molecule has 0 fully saturated rings. The van der Waals surface area contributed by atoms with E-state index in [1.807, 2.05) is 0 Å². The fourth-order valence-corrected chi connectivity index (χ4v) is 0.766. The molecule has 66 valence electrons. The van der Waals surface area contributed by atoms with E-state index in [4.69, 9.17) is 16.6 Å². The molecule has 0 saturated carbocycles. The van der Waals surface area contributed by atoms with Crippen molar-refractivity contribution in [2.45, 2.75) is 0 Å². The Balaban J connectivity index is 3.00. The van der Waals surface area contributed by atoms with E-state index in [2.05, 4.69) is 11.8 Å². The van der Waals surface area contributed by atoms with E-state index in [1.165, 1.54) is 12.1 Å². The Morgan fingerprint density at radius 1 is 1.46 bits per heavy atom. The van der Waals surface area contributed by atoms with Crippen molar-refractivity contribution in [3.63, 3.8) is 0 Å². The zero-order valence-electron chi connectivity index (χ0n) is 6.74. The number of primary amides is 1. The minimum atomic E-state index is -0.702. The van der Waals surface area contributed by atoms with Crippen molar-refractivity contribution in [1.29, 1.82) is 0 Å². The highest BCUT2D eigenvalue weighted by molar-refractivity contribution is 5.92. The van der Waals surface area contributed by atoms with Gasteiger partial charge in [-0.1, -0.05) is 5.92 Å². The van der Waals surface area contributed by atoms with E-state index in [-0.39, 0.29) is 11.4 Å². The van der Waals surface area contributed by atoms with Gasteiger partial charge in [0.25, 0.3) is 5.91 Å². The fourth-order valence-electron chi connectivity index (χ4n) is 0.766. The molecule has 0 atom stereocenters. The highest BCUT2D eigenvalue weighted by Crippen LogP contribution is 2.19. The summed E-state index contributed by atoms with van der Waals surface area (Å²) in [4.78, 5) is 10.3. The van der Waals surface area contributed by atoms with Gasteiger partial charge in [0.15, 0.2) is 0 Å². The normalized spacial score (nSPS) is 8.62. The predicted molar refractivity (Wildman–Crippen MR) is 48.6 cm³/mol. The number of nitrogen functional groups attached to an aromatic ring is 1. The first-order chi connectivity index (χ1) is 6.09. The van der Waals surface area contributed by atoms with Gasteiger partial charge < -0.3 is 16.6 Å². The van der Waals surface area contributed by atoms with Gasteiger partial charge in [0.05, 0.1) is 5.69 Å². The second-order valence-electron chi connectivity index (χ2n) is 2.39. The molecule has 0 radical (unpaired) electrons. The van der Waals surface area contributed by atoms with Gasteiger partial charge in [0, 0.05) is 5.56 Å². The molecule has 0 spiro atoms. The Labute approximate surface area is 75.2 Å². The summed E-state index contributed by atoms with van der Waals surface area (Å²) in [6, 6.07) is 4.41. The van der Waals surface area contributed by atoms with Crippen molar-refractivity contribution < 1.29 is 9.90 Å². The highest BCUT2D eigenvalue weighted by Gasteiger charge is 1.95. The lowest BCUT2D eigenvalue weighted by Gasteiger charge is -1.97. The second-order valence-corrected chi connectivity index (χ2v) is 2.39. The maximum Gasteiger partial charge on any atom is 0.293 e. The lowest BCUT2D eigenvalue weighted by Crippen LogP contribution is -2.06. The molecule has 0 aliphatic heterocycles. The molecular weight excluding hydrogens is 168 g/mol. The quantitative estimate of drug-likeness (QED) is 0.291. The highest BCUT2D eigenvalue weighted by atomic mass is 16.3. The number of anilines is 1. The van der Waals surface area contributed by atoms with E-state index < -0.39 is 5.91 Å². The molecule has 4 heteroatoms. The first-order valence-electron chi connectivity index (χ1n) is 3.49. The molecule has 1 aromatic rings. The summed E-state index contributed by atoms with van der Waals surface area (Å²) in [5.41, 5.74) is 11.0. The van der Waals surface area contributed by atoms with Crippen LogP contribution in [0, 0.1) is 11.8 Å². The van der Waals surface area contributed by atoms with Crippen molar-refractivity contribution in [3.8, 4) is 17.6 Å². The Kier molecular flexibility index (Phi) is 2.41. The van der Waals surface area contributed by atoms with Gasteiger partial charge in [0.2, 0.25) is 0 Å². The van der Waals surface area contributed by atoms with Gasteiger partial charge in [-0.05, 0) is 24.1 Å². The number of rotatable bonds is 0. The molecule has 0 aromatic heterocycles. The van der Waals surface area contributed by atoms with Gasteiger partial charge >= 0.3 is 0 Å². The molecule has 0 aliphatic carbocycles. The maximum atomic E-state index is 10.3. The number of amides is 1. The summed E-state index contributed by atoms with van der Waals surface area (Å²) in [6.45, 7) is 0. The first-order valence-corrected chi connectivity index (χ1v) is 3.49. The monoisotopic (exact) mass is 176 g/mol. The predicted octanol–water partition coefficient (Wildman–Crippen LogP) is -0.189. The molecule has 1 rings (SSSR count). The van der Waals surface area contributed by atoms with E-state index in [0.29, 0.717) is 5.56 Å². The molecule has 0 unspecified atom stereocenters. The molecule has 0 heterocycles. The van der Waals surface area contributed by atoms with E-state index >= 15 is 0 Å². The number of hydrogen-bond acceptors (Lipinski definition) is 3. The van der Waals surface area contributed by atoms with Gasteiger partial charge in [-0.15, -0.1) is 0 Å². The average Bonchev–Trinajstić information content (AvgIpc) is 2.07. The molecular formula is C9H8N2O2. The fraction of sp³-hybridized carbons (Fsp3) is 0. The SMILES string of the molecule is NC(=O)C#Cc1ccc(O)c(N)c1. The molecule has 13 heavy (non-hydrogen) atoms. The number of phenolic OH excluding ortho intramolecular Hbond substituents is 1. The third-order valence-corrected chi connectivity index (χ3v) is 1.36. The maximum absolute atomic E-state index is 10.3. The number of benzene rings is 1. The second kappa shape index (κ2) is 3.50. The zero-order chi connectivity index (χ0) is 9.84. The topological polar surface area (TPSA) is 89.3 Å². The molecule has 0 saturated heterocycles. The van der Waals surface area contributed by atoms with Crippen LogP contribution in [0.2, 0.25) is 0 Å². The summed E-state index contributed by atoms with van der Waals surface area (Å²) >= 11 is 0. The Morgan fingerprint density at radius 2 is 2.15 bits per heavy atom. The summed E-state index contributed by atoms with van der Waals surface area (Å²) in [5, 5.41) is 9.06. The molecule has 1 aromatic carbocycles. The van der Waals surface area contributed by atoms with Crippen LogP contribution in [-0.4, -0.2) is 11.0 Å². The third-order valence-electron chi connectivity index (χ3n) is 1.36. The van der Waals surface area contributed by atoms with E-state index in [9.17, 15) is 4.79 Å². The molecule has 5 N–H and O–H groups in total. The Hall–Kier alpha value is -2.15. The van der Waals surface area contributed by atoms with Crippen molar-refractivity contribution in [1.82, 2.24) is 0 Å². The number of aromatic hydroxyl groups is 1. The average molecular weight is 176 g/mol. The van der Waals surface area contributed by atoms with Crippen LogP contribution >= 0.6 is 0 Å². The number of phenols is 1. The van der Waals surface area contributed by atoms with Crippen LogP contribution in [0.1, 0.15) is 5.56 Å². The summed E-state index contributed by atoms with van der Waals surface area (Å²) < 4.78 is 0. The van der Waals surface area contributed by atoms with E-state index in [1.54, 1.807) is 6.07 Å². The van der Waals surface area contributed by atoms with Gasteiger partial charge in [-0.2, -0.15) is 0 Å². The molecule has 4 nitrogen and oxygen atoms in total. The first kappa shape index (κ1) is 8.94. The smallest absolute Gasteiger partial charge is 0.293 e. The van der Waals surface area contributed by atoms with Gasteiger partial charge in [-0.25, -0.2) is 0 Å². The third kappa shape index (κ3) is 2.42. The molecule has 0 aliphatic rings. The zero-order valence-corrected chi connectivity index (χ0v) is 6.74. The van der Waals surface area contributed by atoms with Crippen molar-refractivity contribution in [3.05, 3.63) is 23.8 Å². The number of carbonyl (C=O) groups is 1. The number of nitrogens with two attached hydrogens (primary N) is 2. The molecule has 0 bridgehead atoms. The van der Waals surface area contributed by atoms with Crippen LogP contribution in [-0.2, 0) is 4.79 Å². The van der Waals surface area contributed by atoms with Crippen LogP contribution in [0.4, 0.5) is 5.69 Å².